The summed E-state index contributed by atoms with van der Waals surface area (Å²) >= 11 is 0. The molecule has 0 atom stereocenters. The molecule has 3 amide bonds. The van der Waals surface area contributed by atoms with E-state index in [1.807, 2.05) is 26.0 Å². The molecule has 38 heavy (non-hydrogen) atoms. The van der Waals surface area contributed by atoms with E-state index in [1.165, 1.54) is 12.3 Å². The molecule has 0 saturated heterocycles. The van der Waals surface area contributed by atoms with Crippen LogP contribution in [0.15, 0.2) is 49.1 Å². The summed E-state index contributed by atoms with van der Waals surface area (Å²) in [6, 6.07) is 5.49. The van der Waals surface area contributed by atoms with E-state index in [-0.39, 0.29) is 18.1 Å². The number of hydrogen-bond donors (Lipinski definition) is 3. The van der Waals surface area contributed by atoms with Gasteiger partial charge < -0.3 is 13.3 Å². The molecule has 0 saturated carbocycles. The average molecular weight is 517 g/mol. The quantitative estimate of drug-likeness (QED) is 0.338. The van der Waals surface area contributed by atoms with Crippen LogP contribution in [0.1, 0.15) is 73.1 Å². The van der Waals surface area contributed by atoms with Crippen LogP contribution in [0.4, 0.5) is 0 Å². The molecule has 0 spiro atoms. The van der Waals surface area contributed by atoms with Gasteiger partial charge in [-0.15, -0.1) is 0 Å². The summed E-state index contributed by atoms with van der Waals surface area (Å²) in [5.74, 6) is -0.227. The number of fused-ring (bicyclic) bond motifs is 2. The molecule has 0 unspecified atom stereocenters. The first kappa shape index (κ1) is 25.1. The van der Waals surface area contributed by atoms with Gasteiger partial charge in [0.05, 0.1) is 30.2 Å². The lowest BCUT2D eigenvalue weighted by molar-refractivity contribution is -0.120. The van der Waals surface area contributed by atoms with Crippen LogP contribution in [-0.2, 0) is 17.6 Å². The molecule has 1 aliphatic carbocycles. The first-order valence-corrected chi connectivity index (χ1v) is 12.3. The normalized spacial score (nSPS) is 13.9. The molecule has 0 bridgehead atoms. The Labute approximate surface area is 218 Å². The molecule has 3 N–H and O–H groups in total. The van der Waals surface area contributed by atoms with Crippen LogP contribution in [0.5, 0.6) is 0 Å². The van der Waals surface area contributed by atoms with E-state index in [4.69, 9.17) is 13.3 Å². The Kier molecular flexibility index (Phi) is 6.62. The van der Waals surface area contributed by atoms with Gasteiger partial charge in [-0.2, -0.15) is 5.10 Å². The second-order valence-corrected chi connectivity index (χ2v) is 9.42. The van der Waals surface area contributed by atoms with Crippen molar-refractivity contribution < 1.29 is 27.6 Å². The van der Waals surface area contributed by atoms with Gasteiger partial charge >= 0.3 is 5.91 Å². The first-order chi connectivity index (χ1) is 18.2. The summed E-state index contributed by atoms with van der Waals surface area (Å²) < 4.78 is 16.7. The Bertz CT molecular complexity index is 1600. The average Bonchev–Trinajstić information content (AvgIpc) is 3.61. The van der Waals surface area contributed by atoms with Crippen molar-refractivity contribution in [1.82, 2.24) is 16.3 Å². The highest BCUT2D eigenvalue weighted by molar-refractivity contribution is 6.07. The molecule has 196 valence electrons. The molecule has 3 aromatic heterocycles. The summed E-state index contributed by atoms with van der Waals surface area (Å²) in [5, 5.41) is 5.29. The zero-order valence-corrected chi connectivity index (χ0v) is 21.6. The number of amides is 3. The summed E-state index contributed by atoms with van der Waals surface area (Å²) in [6.45, 7) is 7.42. The van der Waals surface area contributed by atoms with Crippen molar-refractivity contribution in [2.24, 2.45) is 5.10 Å². The Morgan fingerprint density at radius 1 is 0.947 bits per heavy atom. The second kappa shape index (κ2) is 10.0. The third-order valence-electron chi connectivity index (χ3n) is 6.93. The summed E-state index contributed by atoms with van der Waals surface area (Å²) in [5.41, 5.74) is 13.4. The van der Waals surface area contributed by atoms with Crippen molar-refractivity contribution in [3.05, 3.63) is 81.4 Å². The van der Waals surface area contributed by atoms with Crippen LogP contribution < -0.4 is 16.3 Å². The molecule has 5 rings (SSSR count). The Morgan fingerprint density at radius 3 is 2.50 bits per heavy atom. The topological polar surface area (TPSA) is 139 Å². The maximum Gasteiger partial charge on any atom is 0.305 e. The number of benzene rings is 1. The molecule has 0 radical (unpaired) electrons. The highest BCUT2D eigenvalue weighted by Gasteiger charge is 2.28. The molecule has 0 fully saturated rings. The number of nitrogens with one attached hydrogen (secondary N) is 3. The van der Waals surface area contributed by atoms with Crippen LogP contribution in [0.3, 0.4) is 0 Å². The Morgan fingerprint density at radius 2 is 1.74 bits per heavy atom. The maximum atomic E-state index is 12.8. The van der Waals surface area contributed by atoms with Gasteiger partial charge in [-0.3, -0.25) is 25.2 Å². The van der Waals surface area contributed by atoms with Crippen molar-refractivity contribution in [1.29, 1.82) is 0 Å². The second-order valence-electron chi connectivity index (χ2n) is 9.42. The fraction of sp³-hybridized carbons (Fsp3) is 0.286. The van der Waals surface area contributed by atoms with Gasteiger partial charge in [-0.1, -0.05) is 12.1 Å². The van der Waals surface area contributed by atoms with Crippen LogP contribution in [0.2, 0.25) is 0 Å². The van der Waals surface area contributed by atoms with Crippen molar-refractivity contribution in [3.8, 4) is 0 Å². The molecule has 3 heterocycles. The Balaban J connectivity index is 1.28. The number of carbonyl (C=O) groups excluding carboxylic acids is 3. The summed E-state index contributed by atoms with van der Waals surface area (Å²) in [7, 11) is 0. The standard InChI is InChI=1S/C28H28N4O6/c1-14-8-9-20-18(13-37-25(20)15(14)2)12-23(33)30-29-21-6-5-7-22-24(21)16(3)26(38-22)28(35)32-31-27(34)19-10-11-36-17(19)4/h8-11,13H,5-7,12H2,1-4H3,(H,30,33)(H,31,34)(H,32,35)/b29-21+. The van der Waals surface area contributed by atoms with Gasteiger partial charge in [-0.05, 0) is 57.7 Å². The third-order valence-corrected chi connectivity index (χ3v) is 6.93. The number of hydrogen-bond acceptors (Lipinski definition) is 7. The predicted octanol–water partition coefficient (Wildman–Crippen LogP) is 4.33. The van der Waals surface area contributed by atoms with E-state index in [2.05, 4.69) is 21.4 Å². The number of furan rings is 3. The van der Waals surface area contributed by atoms with E-state index in [0.717, 1.165) is 34.1 Å². The lowest BCUT2D eigenvalue weighted by Gasteiger charge is -2.13. The van der Waals surface area contributed by atoms with Crippen molar-refractivity contribution in [2.45, 2.75) is 53.4 Å². The number of hydrazine groups is 1. The molecule has 1 aromatic carbocycles. The fourth-order valence-electron chi connectivity index (χ4n) is 4.72. The first-order valence-electron chi connectivity index (χ1n) is 12.3. The van der Waals surface area contributed by atoms with E-state index in [9.17, 15) is 14.4 Å². The minimum absolute atomic E-state index is 0.0793. The summed E-state index contributed by atoms with van der Waals surface area (Å²) in [6.07, 6.45) is 5.15. The monoisotopic (exact) mass is 516 g/mol. The lowest BCUT2D eigenvalue weighted by atomic mass is 9.93. The van der Waals surface area contributed by atoms with Gasteiger partial charge in [0.1, 0.15) is 17.1 Å². The maximum absolute atomic E-state index is 12.8. The minimum atomic E-state index is -0.591. The summed E-state index contributed by atoms with van der Waals surface area (Å²) in [4.78, 5) is 37.8. The van der Waals surface area contributed by atoms with Gasteiger partial charge in [0, 0.05) is 28.5 Å². The number of rotatable bonds is 5. The zero-order valence-electron chi connectivity index (χ0n) is 21.6. The number of hydrazone groups is 1. The molecule has 10 heteroatoms. The molecule has 10 nitrogen and oxygen atoms in total. The van der Waals surface area contributed by atoms with Crippen LogP contribution in [-0.4, -0.2) is 23.4 Å². The molecular weight excluding hydrogens is 488 g/mol. The number of carbonyl (C=O) groups is 3. The molecular formula is C28H28N4O6. The highest BCUT2D eigenvalue weighted by atomic mass is 16.4. The number of nitrogens with zero attached hydrogens (tertiary/aromatic N) is 1. The molecule has 0 aliphatic heterocycles. The molecule has 4 aromatic rings. The largest absolute Gasteiger partial charge is 0.469 e. The highest BCUT2D eigenvalue weighted by Crippen LogP contribution is 2.30. The number of aryl methyl sites for hydroxylation is 4. The van der Waals surface area contributed by atoms with Gasteiger partial charge in [0.2, 0.25) is 5.91 Å². The van der Waals surface area contributed by atoms with E-state index < -0.39 is 11.8 Å². The minimum Gasteiger partial charge on any atom is -0.469 e. The third kappa shape index (κ3) is 4.60. The smallest absolute Gasteiger partial charge is 0.305 e. The Hall–Kier alpha value is -4.60. The van der Waals surface area contributed by atoms with Gasteiger partial charge in [-0.25, -0.2) is 5.43 Å². The SMILES string of the molecule is Cc1ccc2c(CC(=O)N/N=C3\CCCc4oc(C(=O)NNC(=O)c5ccoc5C)c(C)c43)coc2c1C. The van der Waals surface area contributed by atoms with Crippen LogP contribution >= 0.6 is 0 Å². The van der Waals surface area contributed by atoms with Crippen molar-refractivity contribution >= 4 is 34.4 Å². The van der Waals surface area contributed by atoms with Crippen LogP contribution in [0, 0.1) is 27.7 Å². The van der Waals surface area contributed by atoms with Gasteiger partial charge in [0.15, 0.2) is 5.76 Å². The van der Waals surface area contributed by atoms with Crippen molar-refractivity contribution in [3.63, 3.8) is 0 Å². The van der Waals surface area contributed by atoms with Crippen LogP contribution in [0.25, 0.3) is 11.0 Å². The van der Waals surface area contributed by atoms with Gasteiger partial charge in [0.25, 0.3) is 5.91 Å². The lowest BCUT2D eigenvalue weighted by Crippen LogP contribution is -2.41. The van der Waals surface area contributed by atoms with E-state index in [0.29, 0.717) is 46.8 Å². The molecule has 1 aliphatic rings. The zero-order chi connectivity index (χ0) is 27.0. The van der Waals surface area contributed by atoms with Crippen molar-refractivity contribution in [2.75, 3.05) is 0 Å². The van der Waals surface area contributed by atoms with E-state index in [1.54, 1.807) is 20.1 Å². The van der Waals surface area contributed by atoms with E-state index >= 15 is 0 Å². The predicted molar refractivity (Wildman–Crippen MR) is 139 cm³/mol. The fourth-order valence-corrected chi connectivity index (χ4v) is 4.72.